The van der Waals surface area contributed by atoms with Gasteiger partial charge in [0.1, 0.15) is 18.1 Å². The molecule has 0 aliphatic heterocycles. The normalized spacial score (nSPS) is 14.2. The molecular weight excluding hydrogens is 336 g/mol. The van der Waals surface area contributed by atoms with Gasteiger partial charge in [-0.1, -0.05) is 53.7 Å². The molecule has 0 bridgehead atoms. The summed E-state index contributed by atoms with van der Waals surface area (Å²) in [6.45, 7) is 17.8. The lowest BCUT2D eigenvalue weighted by Crippen LogP contribution is -2.32. The Hall–Kier alpha value is -1.48. The molecule has 0 aliphatic rings. The van der Waals surface area contributed by atoms with Gasteiger partial charge in [-0.3, -0.25) is 0 Å². The maximum absolute atomic E-state index is 10.2. The number of hydrogen-bond donors (Lipinski definition) is 1. The molecule has 1 unspecified atom stereocenters. The van der Waals surface area contributed by atoms with E-state index in [1.165, 1.54) is 5.56 Å². The monoisotopic (exact) mass is 376 g/mol. The molecule has 1 aromatic rings. The molecule has 27 heavy (non-hydrogen) atoms. The highest BCUT2D eigenvalue weighted by atomic mass is 16.5. The lowest BCUT2D eigenvalue weighted by Gasteiger charge is -2.35. The molecule has 1 atom stereocenters. The maximum Gasteiger partial charge on any atom is 0.122 e. The van der Waals surface area contributed by atoms with Gasteiger partial charge in [0.05, 0.1) is 18.1 Å². The van der Waals surface area contributed by atoms with Crippen LogP contribution >= 0.6 is 0 Å². The first-order valence-electron chi connectivity index (χ1n) is 10.4. The van der Waals surface area contributed by atoms with Gasteiger partial charge in [-0.15, -0.1) is 0 Å². The summed E-state index contributed by atoms with van der Waals surface area (Å²) in [5.41, 5.74) is 2.06. The zero-order chi connectivity index (χ0) is 20.7. The number of ether oxygens (including phenoxy) is 2. The lowest BCUT2D eigenvalue weighted by molar-refractivity contribution is 0.0216. The second-order valence-electron chi connectivity index (χ2n) is 8.37. The standard InChI is InChI=1S/C24H40O3/c1-9-13-22(26-12-4)24(10-2,11-3)19-14-15-20(18(5)16-19)27-17-21(25)23(6,7)8/h13-16,21,25H,9-12,17H2,1-8H3/b22-13-. The van der Waals surface area contributed by atoms with Gasteiger partial charge in [0.25, 0.3) is 0 Å². The average Bonchev–Trinajstić information content (AvgIpc) is 2.61. The van der Waals surface area contributed by atoms with E-state index in [9.17, 15) is 5.11 Å². The molecule has 0 spiro atoms. The van der Waals surface area contributed by atoms with Gasteiger partial charge in [0.15, 0.2) is 0 Å². The van der Waals surface area contributed by atoms with Crippen molar-refractivity contribution in [2.75, 3.05) is 13.2 Å². The third kappa shape index (κ3) is 5.75. The van der Waals surface area contributed by atoms with Crippen LogP contribution in [0, 0.1) is 12.3 Å². The van der Waals surface area contributed by atoms with Crippen LogP contribution in [0.3, 0.4) is 0 Å². The molecule has 0 saturated heterocycles. The summed E-state index contributed by atoms with van der Waals surface area (Å²) in [5, 5.41) is 10.2. The Balaban J connectivity index is 3.17. The van der Waals surface area contributed by atoms with E-state index in [0.29, 0.717) is 13.2 Å². The molecule has 0 aromatic heterocycles. The first-order valence-corrected chi connectivity index (χ1v) is 10.4. The molecule has 0 fully saturated rings. The first-order chi connectivity index (χ1) is 12.7. The van der Waals surface area contributed by atoms with E-state index in [4.69, 9.17) is 9.47 Å². The molecule has 1 N–H and O–H groups in total. The molecule has 3 heteroatoms. The molecule has 1 rings (SSSR count). The van der Waals surface area contributed by atoms with Crippen molar-refractivity contribution < 1.29 is 14.6 Å². The summed E-state index contributed by atoms with van der Waals surface area (Å²) in [5.74, 6) is 1.91. The number of aliphatic hydroxyl groups is 1. The molecular formula is C24H40O3. The van der Waals surface area contributed by atoms with Crippen LogP contribution in [0.25, 0.3) is 0 Å². The third-order valence-corrected chi connectivity index (χ3v) is 5.49. The summed E-state index contributed by atoms with van der Waals surface area (Å²) in [4.78, 5) is 0. The Bertz CT molecular complexity index is 607. The van der Waals surface area contributed by atoms with Crippen molar-refractivity contribution in [3.8, 4) is 5.75 Å². The van der Waals surface area contributed by atoms with E-state index in [2.05, 4.69) is 45.9 Å². The van der Waals surface area contributed by atoms with Crippen LogP contribution in [0.1, 0.15) is 78.9 Å². The number of rotatable bonds is 10. The van der Waals surface area contributed by atoms with Gasteiger partial charge < -0.3 is 14.6 Å². The summed E-state index contributed by atoms with van der Waals surface area (Å²) in [6.07, 6.45) is 4.65. The van der Waals surface area contributed by atoms with Crippen molar-refractivity contribution in [1.82, 2.24) is 0 Å². The predicted octanol–water partition coefficient (Wildman–Crippen LogP) is 6.17. The Morgan fingerprint density at radius 2 is 1.74 bits per heavy atom. The lowest BCUT2D eigenvalue weighted by atomic mass is 9.73. The van der Waals surface area contributed by atoms with Gasteiger partial charge in [-0.25, -0.2) is 0 Å². The largest absolute Gasteiger partial charge is 0.498 e. The minimum Gasteiger partial charge on any atom is -0.498 e. The van der Waals surface area contributed by atoms with Gasteiger partial charge in [-0.05, 0) is 61.8 Å². The van der Waals surface area contributed by atoms with Crippen molar-refractivity contribution >= 4 is 0 Å². The molecule has 0 heterocycles. The highest BCUT2D eigenvalue weighted by Gasteiger charge is 2.34. The predicted molar refractivity (Wildman–Crippen MR) is 114 cm³/mol. The number of hydrogen-bond acceptors (Lipinski definition) is 3. The van der Waals surface area contributed by atoms with Crippen molar-refractivity contribution in [1.29, 1.82) is 0 Å². The molecule has 0 amide bonds. The van der Waals surface area contributed by atoms with Crippen LogP contribution in [-0.2, 0) is 10.2 Å². The van der Waals surface area contributed by atoms with E-state index < -0.39 is 6.10 Å². The zero-order valence-electron chi connectivity index (χ0n) is 18.7. The Morgan fingerprint density at radius 3 is 2.19 bits per heavy atom. The zero-order valence-corrected chi connectivity index (χ0v) is 18.7. The molecule has 1 aromatic carbocycles. The molecule has 0 saturated carbocycles. The summed E-state index contributed by atoms with van der Waals surface area (Å²) < 4.78 is 12.0. The Labute approximate surface area is 166 Å². The highest BCUT2D eigenvalue weighted by Crippen LogP contribution is 2.41. The van der Waals surface area contributed by atoms with E-state index in [1.54, 1.807) is 0 Å². The molecule has 0 aliphatic carbocycles. The van der Waals surface area contributed by atoms with Crippen LogP contribution < -0.4 is 4.74 Å². The van der Waals surface area contributed by atoms with Crippen LogP contribution in [0.2, 0.25) is 0 Å². The third-order valence-electron chi connectivity index (χ3n) is 5.49. The number of aliphatic hydroxyl groups excluding tert-OH is 1. The van der Waals surface area contributed by atoms with Crippen LogP contribution in [0.5, 0.6) is 5.75 Å². The topological polar surface area (TPSA) is 38.7 Å². The van der Waals surface area contributed by atoms with Gasteiger partial charge in [0, 0.05) is 0 Å². The van der Waals surface area contributed by atoms with E-state index in [-0.39, 0.29) is 10.8 Å². The highest BCUT2D eigenvalue weighted by molar-refractivity contribution is 5.43. The minimum atomic E-state index is -0.501. The average molecular weight is 377 g/mol. The van der Waals surface area contributed by atoms with E-state index in [0.717, 1.165) is 36.3 Å². The van der Waals surface area contributed by atoms with E-state index in [1.807, 2.05) is 33.8 Å². The number of aryl methyl sites for hydroxylation is 1. The molecule has 3 nitrogen and oxygen atoms in total. The minimum absolute atomic E-state index is 0.111. The maximum atomic E-state index is 10.2. The fourth-order valence-electron chi connectivity index (χ4n) is 3.41. The van der Waals surface area contributed by atoms with Gasteiger partial charge in [0.2, 0.25) is 0 Å². The summed E-state index contributed by atoms with van der Waals surface area (Å²) >= 11 is 0. The molecule has 0 radical (unpaired) electrons. The molecule has 154 valence electrons. The quantitative estimate of drug-likeness (QED) is 0.496. The van der Waals surface area contributed by atoms with Gasteiger partial charge in [-0.2, -0.15) is 0 Å². The second kappa shape index (κ2) is 10.2. The fraction of sp³-hybridized carbons (Fsp3) is 0.667. The summed E-state index contributed by atoms with van der Waals surface area (Å²) in [6, 6.07) is 6.41. The fourth-order valence-corrected chi connectivity index (χ4v) is 3.41. The van der Waals surface area contributed by atoms with Crippen molar-refractivity contribution in [3.63, 3.8) is 0 Å². The van der Waals surface area contributed by atoms with Crippen LogP contribution in [0.15, 0.2) is 30.0 Å². The van der Waals surface area contributed by atoms with Gasteiger partial charge >= 0.3 is 0 Å². The van der Waals surface area contributed by atoms with E-state index >= 15 is 0 Å². The van der Waals surface area contributed by atoms with Crippen LogP contribution in [0.4, 0.5) is 0 Å². The van der Waals surface area contributed by atoms with Crippen LogP contribution in [-0.4, -0.2) is 24.4 Å². The second-order valence-corrected chi connectivity index (χ2v) is 8.37. The SMILES string of the molecule is CC/C=C(\OCC)C(CC)(CC)c1ccc(OCC(O)C(C)(C)C)c(C)c1. The summed E-state index contributed by atoms with van der Waals surface area (Å²) in [7, 11) is 0. The van der Waals surface area contributed by atoms with Crippen molar-refractivity contribution in [2.45, 2.75) is 86.2 Å². The first kappa shape index (κ1) is 23.6. The smallest absolute Gasteiger partial charge is 0.122 e. The Kier molecular flexibility index (Phi) is 8.87. The Morgan fingerprint density at radius 1 is 1.11 bits per heavy atom. The van der Waals surface area contributed by atoms with Crippen molar-refractivity contribution in [2.24, 2.45) is 5.41 Å². The number of benzene rings is 1. The van der Waals surface area contributed by atoms with Crippen molar-refractivity contribution in [3.05, 3.63) is 41.2 Å². The number of allylic oxidation sites excluding steroid dienone is 2.